The average molecular weight is 258 g/mol. The maximum atomic E-state index is 12.1. The average Bonchev–Trinajstić information content (AvgIpc) is 2.75. The van der Waals surface area contributed by atoms with Crippen LogP contribution in [0, 0.1) is 0 Å². The van der Waals surface area contributed by atoms with Gasteiger partial charge in [0.05, 0.1) is 11.6 Å². The van der Waals surface area contributed by atoms with E-state index in [2.05, 4.69) is 0 Å². The largest absolute Gasteiger partial charge is 0.444 e. The number of aliphatic hydroxyl groups is 1. The highest BCUT2D eigenvalue weighted by atomic mass is 16.6. The molecule has 5 nitrogen and oxygen atoms in total. The number of hydrogen-bond acceptors (Lipinski definition) is 4. The van der Waals surface area contributed by atoms with Gasteiger partial charge in [0.15, 0.2) is 0 Å². The minimum atomic E-state index is -1.01. The Morgan fingerprint density at radius 2 is 2.11 bits per heavy atom. The minimum absolute atomic E-state index is 0.160. The monoisotopic (exact) mass is 258 g/mol. The van der Waals surface area contributed by atoms with Crippen LogP contribution < -0.4 is 5.73 Å². The summed E-state index contributed by atoms with van der Waals surface area (Å²) in [4.78, 5) is 13.7. The van der Waals surface area contributed by atoms with Crippen LogP contribution in [0.1, 0.15) is 47.0 Å². The lowest BCUT2D eigenvalue weighted by Gasteiger charge is -2.38. The van der Waals surface area contributed by atoms with E-state index in [9.17, 15) is 9.90 Å². The van der Waals surface area contributed by atoms with Crippen molar-refractivity contribution in [1.82, 2.24) is 4.90 Å². The molecule has 0 unspecified atom stereocenters. The first-order valence-corrected chi connectivity index (χ1v) is 6.65. The molecular formula is C13H26N2O3. The third-order valence-electron chi connectivity index (χ3n) is 3.47. The molecule has 1 aliphatic heterocycles. The van der Waals surface area contributed by atoms with E-state index in [1.165, 1.54) is 0 Å². The van der Waals surface area contributed by atoms with Crippen LogP contribution in [-0.4, -0.2) is 46.4 Å². The minimum Gasteiger partial charge on any atom is -0.444 e. The molecule has 18 heavy (non-hydrogen) atoms. The number of nitrogens with two attached hydrogens (primary N) is 1. The summed E-state index contributed by atoms with van der Waals surface area (Å²) in [6.45, 7) is 8.19. The molecule has 1 heterocycles. The topological polar surface area (TPSA) is 75.8 Å². The standard InChI is InChI=1S/C13H26N2O3/c1-5-13(17,9-14)10-7-6-8-15(10)11(16)18-12(2,3)4/h10,17H,5-9,14H2,1-4H3/t10-,13+/m1/s1. The molecule has 1 rings (SSSR count). The first kappa shape index (κ1) is 15.2. The van der Waals surface area contributed by atoms with Crippen molar-refractivity contribution in [2.75, 3.05) is 13.1 Å². The van der Waals surface area contributed by atoms with Crippen molar-refractivity contribution in [2.45, 2.75) is 64.2 Å². The van der Waals surface area contributed by atoms with Gasteiger partial charge in [-0.2, -0.15) is 0 Å². The van der Waals surface area contributed by atoms with E-state index < -0.39 is 11.2 Å². The van der Waals surface area contributed by atoms with Crippen LogP contribution >= 0.6 is 0 Å². The maximum Gasteiger partial charge on any atom is 0.410 e. The van der Waals surface area contributed by atoms with Crippen molar-refractivity contribution in [3.05, 3.63) is 0 Å². The Balaban J connectivity index is 2.79. The molecule has 0 saturated carbocycles. The van der Waals surface area contributed by atoms with E-state index in [1.807, 2.05) is 27.7 Å². The maximum absolute atomic E-state index is 12.1. The van der Waals surface area contributed by atoms with Crippen molar-refractivity contribution in [2.24, 2.45) is 5.73 Å². The second kappa shape index (κ2) is 5.45. The summed E-state index contributed by atoms with van der Waals surface area (Å²) in [6, 6.07) is -0.234. The van der Waals surface area contributed by atoms with Gasteiger partial charge >= 0.3 is 6.09 Å². The number of nitrogens with zero attached hydrogens (tertiary/aromatic N) is 1. The molecule has 5 heteroatoms. The lowest BCUT2D eigenvalue weighted by Crippen LogP contribution is -2.56. The Morgan fingerprint density at radius 1 is 1.50 bits per heavy atom. The second-order valence-corrected chi connectivity index (χ2v) is 5.99. The molecule has 0 aliphatic carbocycles. The van der Waals surface area contributed by atoms with Gasteiger partial charge in [0.1, 0.15) is 5.60 Å². The summed E-state index contributed by atoms with van der Waals surface area (Å²) < 4.78 is 5.37. The Morgan fingerprint density at radius 3 is 2.56 bits per heavy atom. The molecule has 106 valence electrons. The predicted octanol–water partition coefficient (Wildman–Crippen LogP) is 1.49. The molecule has 0 aromatic carbocycles. The summed E-state index contributed by atoms with van der Waals surface area (Å²) >= 11 is 0. The van der Waals surface area contributed by atoms with Gasteiger partial charge in [-0.25, -0.2) is 4.79 Å². The van der Waals surface area contributed by atoms with Crippen molar-refractivity contribution < 1.29 is 14.6 Å². The van der Waals surface area contributed by atoms with Crippen molar-refractivity contribution in [1.29, 1.82) is 0 Å². The summed E-state index contributed by atoms with van der Waals surface area (Å²) in [5.41, 5.74) is 4.14. The van der Waals surface area contributed by atoms with Gasteiger partial charge in [-0.3, -0.25) is 0 Å². The van der Waals surface area contributed by atoms with E-state index in [0.29, 0.717) is 13.0 Å². The van der Waals surface area contributed by atoms with Crippen LogP contribution in [0.15, 0.2) is 0 Å². The molecule has 0 spiro atoms. The van der Waals surface area contributed by atoms with Crippen molar-refractivity contribution in [3.63, 3.8) is 0 Å². The summed E-state index contributed by atoms with van der Waals surface area (Å²) in [6.07, 6.45) is 1.84. The summed E-state index contributed by atoms with van der Waals surface area (Å²) in [5, 5.41) is 10.5. The van der Waals surface area contributed by atoms with Crippen LogP contribution in [0.2, 0.25) is 0 Å². The zero-order valence-electron chi connectivity index (χ0n) is 11.9. The number of carbonyl (C=O) groups excluding carboxylic acids is 1. The highest BCUT2D eigenvalue weighted by Gasteiger charge is 2.43. The van der Waals surface area contributed by atoms with Gasteiger partial charge < -0.3 is 20.5 Å². The Bertz CT molecular complexity index is 295. The fourth-order valence-electron chi connectivity index (χ4n) is 2.38. The van der Waals surface area contributed by atoms with E-state index in [1.54, 1.807) is 4.90 Å². The van der Waals surface area contributed by atoms with E-state index >= 15 is 0 Å². The van der Waals surface area contributed by atoms with Gasteiger partial charge in [-0.1, -0.05) is 6.92 Å². The molecule has 0 radical (unpaired) electrons. The fraction of sp³-hybridized carbons (Fsp3) is 0.923. The van der Waals surface area contributed by atoms with Gasteiger partial charge in [0, 0.05) is 13.1 Å². The zero-order valence-corrected chi connectivity index (χ0v) is 11.9. The summed E-state index contributed by atoms with van der Waals surface area (Å²) in [7, 11) is 0. The molecule has 3 N–H and O–H groups in total. The highest BCUT2D eigenvalue weighted by molar-refractivity contribution is 5.69. The van der Waals surface area contributed by atoms with Gasteiger partial charge in [-0.05, 0) is 40.0 Å². The molecule has 0 bridgehead atoms. The molecule has 1 aliphatic rings. The number of amides is 1. The van der Waals surface area contributed by atoms with Crippen LogP contribution in [-0.2, 0) is 4.74 Å². The zero-order chi connectivity index (χ0) is 14.0. The molecular weight excluding hydrogens is 232 g/mol. The van der Waals surface area contributed by atoms with Crippen molar-refractivity contribution in [3.8, 4) is 0 Å². The number of carbonyl (C=O) groups is 1. The second-order valence-electron chi connectivity index (χ2n) is 5.99. The quantitative estimate of drug-likeness (QED) is 0.804. The van der Waals surface area contributed by atoms with Gasteiger partial charge in [0.25, 0.3) is 0 Å². The van der Waals surface area contributed by atoms with Crippen molar-refractivity contribution >= 4 is 6.09 Å². The fourth-order valence-corrected chi connectivity index (χ4v) is 2.38. The smallest absolute Gasteiger partial charge is 0.410 e. The molecule has 2 atom stereocenters. The lowest BCUT2D eigenvalue weighted by atomic mass is 9.89. The number of rotatable bonds is 3. The third kappa shape index (κ3) is 3.36. The Hall–Kier alpha value is -0.810. The van der Waals surface area contributed by atoms with Crippen LogP contribution in [0.25, 0.3) is 0 Å². The molecule has 1 amide bonds. The molecule has 0 aromatic rings. The lowest BCUT2D eigenvalue weighted by molar-refractivity contribution is -0.0408. The first-order valence-electron chi connectivity index (χ1n) is 6.65. The van der Waals surface area contributed by atoms with Crippen LogP contribution in [0.4, 0.5) is 4.79 Å². The van der Waals surface area contributed by atoms with E-state index in [0.717, 1.165) is 12.8 Å². The number of hydrogen-bond donors (Lipinski definition) is 2. The van der Waals surface area contributed by atoms with E-state index in [4.69, 9.17) is 10.5 Å². The Kier molecular flexibility index (Phi) is 4.61. The van der Waals surface area contributed by atoms with Crippen LogP contribution in [0.5, 0.6) is 0 Å². The molecule has 1 fully saturated rings. The molecule has 0 aromatic heterocycles. The predicted molar refractivity (Wildman–Crippen MR) is 70.3 cm³/mol. The van der Waals surface area contributed by atoms with Crippen LogP contribution in [0.3, 0.4) is 0 Å². The normalized spacial score (nSPS) is 23.9. The van der Waals surface area contributed by atoms with Gasteiger partial charge in [-0.15, -0.1) is 0 Å². The first-order chi connectivity index (χ1) is 8.23. The number of ether oxygens (including phenoxy) is 1. The highest BCUT2D eigenvalue weighted by Crippen LogP contribution is 2.30. The third-order valence-corrected chi connectivity index (χ3v) is 3.47. The Labute approximate surface area is 109 Å². The molecule has 1 saturated heterocycles. The van der Waals surface area contributed by atoms with E-state index in [-0.39, 0.29) is 18.7 Å². The van der Waals surface area contributed by atoms with Gasteiger partial charge in [0.2, 0.25) is 0 Å². The summed E-state index contributed by atoms with van der Waals surface area (Å²) in [5.74, 6) is 0. The number of likely N-dealkylation sites (tertiary alicyclic amines) is 1. The SMILES string of the molecule is CC[C@](O)(CN)[C@H]1CCCN1C(=O)OC(C)(C)C.